The molecular formula is C16H19N5O3. The molecule has 24 heavy (non-hydrogen) atoms. The number of rotatable bonds is 4. The Kier molecular flexibility index (Phi) is 4.74. The molecule has 0 spiro atoms. The number of likely N-dealkylation sites (tertiary alicyclic amines) is 1. The number of piperidine rings is 1. The summed E-state index contributed by atoms with van der Waals surface area (Å²) in [6.07, 6.45) is 2.82. The van der Waals surface area contributed by atoms with E-state index in [1.165, 1.54) is 6.39 Å². The van der Waals surface area contributed by atoms with E-state index in [2.05, 4.69) is 15.5 Å². The molecule has 1 aliphatic heterocycles. The van der Waals surface area contributed by atoms with Crippen molar-refractivity contribution in [3.8, 4) is 11.4 Å². The smallest absolute Gasteiger partial charge is 0.317 e. The highest BCUT2D eigenvalue weighted by atomic mass is 16.5. The molecule has 1 aliphatic rings. The quantitative estimate of drug-likeness (QED) is 0.873. The third-order valence-corrected chi connectivity index (χ3v) is 4.13. The molecule has 8 nitrogen and oxygen atoms in total. The number of nitrogens with one attached hydrogen (secondary N) is 1. The Bertz CT molecular complexity index is 699. The molecule has 1 fully saturated rings. The van der Waals surface area contributed by atoms with Gasteiger partial charge in [0.1, 0.15) is 0 Å². The first kappa shape index (κ1) is 16.0. The van der Waals surface area contributed by atoms with Crippen molar-refractivity contribution >= 4 is 11.9 Å². The van der Waals surface area contributed by atoms with Crippen molar-refractivity contribution in [2.75, 3.05) is 13.1 Å². The van der Waals surface area contributed by atoms with Crippen LogP contribution in [0.5, 0.6) is 0 Å². The Morgan fingerprint density at radius 1 is 1.33 bits per heavy atom. The van der Waals surface area contributed by atoms with Gasteiger partial charge in [0.05, 0.1) is 5.92 Å². The molecule has 0 aliphatic carbocycles. The maximum Gasteiger partial charge on any atom is 0.317 e. The summed E-state index contributed by atoms with van der Waals surface area (Å²) in [5.74, 6) is -0.0697. The molecule has 3 amide bonds. The van der Waals surface area contributed by atoms with E-state index in [0.29, 0.717) is 25.5 Å². The molecule has 1 aromatic heterocycles. The number of nitrogens with two attached hydrogens (primary N) is 1. The van der Waals surface area contributed by atoms with Gasteiger partial charge in [-0.15, -0.1) is 0 Å². The lowest BCUT2D eigenvalue weighted by atomic mass is 9.98. The van der Waals surface area contributed by atoms with Crippen LogP contribution in [0.25, 0.3) is 11.4 Å². The predicted molar refractivity (Wildman–Crippen MR) is 85.5 cm³/mol. The summed E-state index contributed by atoms with van der Waals surface area (Å²) in [7, 11) is 0. The number of carbonyl (C=O) groups excluding carboxylic acids is 2. The zero-order valence-electron chi connectivity index (χ0n) is 13.1. The molecule has 0 bridgehead atoms. The monoisotopic (exact) mass is 329 g/mol. The fourth-order valence-corrected chi connectivity index (χ4v) is 2.75. The molecule has 2 heterocycles. The first-order valence-electron chi connectivity index (χ1n) is 7.81. The Hall–Kier alpha value is -2.90. The van der Waals surface area contributed by atoms with Gasteiger partial charge in [0.15, 0.2) is 0 Å². The lowest BCUT2D eigenvalue weighted by Gasteiger charge is -2.31. The van der Waals surface area contributed by atoms with Crippen molar-refractivity contribution in [3.63, 3.8) is 0 Å². The van der Waals surface area contributed by atoms with Crippen LogP contribution < -0.4 is 11.1 Å². The van der Waals surface area contributed by atoms with Crippen molar-refractivity contribution < 1.29 is 14.1 Å². The van der Waals surface area contributed by atoms with Crippen molar-refractivity contribution in [3.05, 3.63) is 36.2 Å². The molecule has 1 aromatic carbocycles. The second kappa shape index (κ2) is 7.12. The van der Waals surface area contributed by atoms with Gasteiger partial charge in [-0.3, -0.25) is 4.79 Å². The number of urea groups is 1. The molecular weight excluding hydrogens is 310 g/mol. The fraction of sp³-hybridized carbons (Fsp3) is 0.375. The van der Waals surface area contributed by atoms with Gasteiger partial charge in [0.25, 0.3) is 0 Å². The molecule has 0 radical (unpaired) electrons. The highest BCUT2D eigenvalue weighted by Crippen LogP contribution is 2.17. The van der Waals surface area contributed by atoms with E-state index in [1.54, 1.807) is 4.90 Å². The molecule has 3 rings (SSSR count). The maximum atomic E-state index is 12.2. The molecule has 1 atom stereocenters. The van der Waals surface area contributed by atoms with Crippen LogP contribution in [0.15, 0.2) is 35.2 Å². The summed E-state index contributed by atoms with van der Waals surface area (Å²) in [5, 5.41) is 6.64. The van der Waals surface area contributed by atoms with Crippen molar-refractivity contribution in [2.45, 2.75) is 19.4 Å². The number of aromatic nitrogens is 2. The summed E-state index contributed by atoms with van der Waals surface area (Å²) in [4.78, 5) is 29.1. The van der Waals surface area contributed by atoms with Crippen LogP contribution in [0.3, 0.4) is 0 Å². The van der Waals surface area contributed by atoms with E-state index >= 15 is 0 Å². The number of carbonyl (C=O) groups is 2. The molecule has 0 saturated carbocycles. The standard InChI is InChI=1S/C16H19N5O3/c17-14(22)13-2-1-7-21(9-13)16(23)18-8-11-3-5-12(6-4-11)15-19-10-24-20-15/h3-6,10,13H,1-2,7-9H2,(H2,17,22)(H,18,23)/t13-/m0/s1. The first-order valence-corrected chi connectivity index (χ1v) is 7.81. The number of nitrogens with zero attached hydrogens (tertiary/aromatic N) is 3. The average molecular weight is 329 g/mol. The van der Waals surface area contributed by atoms with Crippen molar-refractivity contribution in [1.29, 1.82) is 0 Å². The van der Waals surface area contributed by atoms with Gasteiger partial charge in [-0.05, 0) is 18.4 Å². The molecule has 1 saturated heterocycles. The largest absolute Gasteiger partial charge is 0.369 e. The van der Waals surface area contributed by atoms with Crippen molar-refractivity contribution in [2.24, 2.45) is 11.7 Å². The Morgan fingerprint density at radius 2 is 2.12 bits per heavy atom. The minimum atomic E-state index is -0.343. The zero-order chi connectivity index (χ0) is 16.9. The summed E-state index contributed by atoms with van der Waals surface area (Å²) in [6.45, 7) is 1.44. The minimum Gasteiger partial charge on any atom is -0.369 e. The number of amides is 3. The minimum absolute atomic E-state index is 0.178. The highest BCUT2D eigenvalue weighted by Gasteiger charge is 2.26. The Balaban J connectivity index is 1.53. The van der Waals surface area contributed by atoms with E-state index in [1.807, 2.05) is 24.3 Å². The Morgan fingerprint density at radius 3 is 2.79 bits per heavy atom. The second-order valence-electron chi connectivity index (χ2n) is 5.80. The van der Waals surface area contributed by atoms with E-state index in [4.69, 9.17) is 10.3 Å². The third-order valence-electron chi connectivity index (χ3n) is 4.13. The van der Waals surface area contributed by atoms with Crippen LogP contribution in [0.1, 0.15) is 18.4 Å². The normalized spacial score (nSPS) is 17.5. The van der Waals surface area contributed by atoms with Crippen LogP contribution in [0, 0.1) is 5.92 Å². The second-order valence-corrected chi connectivity index (χ2v) is 5.80. The highest BCUT2D eigenvalue weighted by molar-refractivity contribution is 5.79. The van der Waals surface area contributed by atoms with Gasteiger partial charge in [-0.2, -0.15) is 4.98 Å². The first-order chi connectivity index (χ1) is 11.6. The summed E-state index contributed by atoms with van der Waals surface area (Å²) in [5.41, 5.74) is 7.14. The number of benzene rings is 1. The molecule has 8 heteroatoms. The SMILES string of the molecule is NC(=O)[C@H]1CCCN(C(=O)NCc2ccc(-c3ncon3)cc2)C1. The maximum absolute atomic E-state index is 12.2. The fourth-order valence-electron chi connectivity index (χ4n) is 2.75. The van der Waals surface area contributed by atoms with Gasteiger partial charge in [0, 0.05) is 25.2 Å². The lowest BCUT2D eigenvalue weighted by Crippen LogP contribution is -2.47. The number of hydrogen-bond donors (Lipinski definition) is 2. The summed E-state index contributed by atoms with van der Waals surface area (Å²) >= 11 is 0. The van der Waals surface area contributed by atoms with Crippen LogP contribution in [0.4, 0.5) is 4.79 Å². The van der Waals surface area contributed by atoms with Gasteiger partial charge in [-0.25, -0.2) is 4.79 Å². The van der Waals surface area contributed by atoms with Gasteiger partial charge in [-0.1, -0.05) is 29.4 Å². The van der Waals surface area contributed by atoms with Gasteiger partial charge < -0.3 is 20.5 Å². The zero-order valence-corrected chi connectivity index (χ0v) is 13.1. The van der Waals surface area contributed by atoms with Gasteiger partial charge >= 0.3 is 6.03 Å². The summed E-state index contributed by atoms with van der Waals surface area (Å²) < 4.78 is 4.71. The van der Waals surface area contributed by atoms with Crippen LogP contribution in [0.2, 0.25) is 0 Å². The molecule has 2 aromatic rings. The van der Waals surface area contributed by atoms with Crippen LogP contribution in [-0.2, 0) is 11.3 Å². The third kappa shape index (κ3) is 3.70. The number of primary amides is 1. The van der Waals surface area contributed by atoms with Crippen LogP contribution in [-0.4, -0.2) is 40.1 Å². The van der Waals surface area contributed by atoms with Crippen LogP contribution >= 0.6 is 0 Å². The molecule has 0 unspecified atom stereocenters. The molecule has 3 N–H and O–H groups in total. The topological polar surface area (TPSA) is 114 Å². The Labute approximate surface area is 139 Å². The average Bonchev–Trinajstić information content (AvgIpc) is 3.15. The van der Waals surface area contributed by atoms with Gasteiger partial charge in [0.2, 0.25) is 18.1 Å². The van der Waals surface area contributed by atoms with Crippen molar-refractivity contribution in [1.82, 2.24) is 20.4 Å². The van der Waals surface area contributed by atoms with E-state index in [-0.39, 0.29) is 17.9 Å². The van der Waals surface area contributed by atoms with E-state index in [0.717, 1.165) is 24.0 Å². The summed E-state index contributed by atoms with van der Waals surface area (Å²) in [6, 6.07) is 7.36. The lowest BCUT2D eigenvalue weighted by molar-refractivity contribution is -0.123. The van der Waals surface area contributed by atoms with E-state index in [9.17, 15) is 9.59 Å². The predicted octanol–water partition coefficient (Wildman–Crippen LogP) is 1.14. The number of hydrogen-bond acceptors (Lipinski definition) is 5. The van der Waals surface area contributed by atoms with E-state index < -0.39 is 0 Å². The molecule has 126 valence electrons.